The largest absolute Gasteiger partial charge is 0.503 e. The van der Waals surface area contributed by atoms with E-state index < -0.39 is 29.0 Å². The van der Waals surface area contributed by atoms with E-state index in [9.17, 15) is 27.9 Å². The highest BCUT2D eigenvalue weighted by Gasteiger charge is 2.33. The molecule has 2 aromatic heterocycles. The van der Waals surface area contributed by atoms with Crippen LogP contribution in [0.5, 0.6) is 5.75 Å². The van der Waals surface area contributed by atoms with Crippen LogP contribution < -0.4 is 5.43 Å². The van der Waals surface area contributed by atoms with Gasteiger partial charge in [0.15, 0.2) is 11.4 Å². The summed E-state index contributed by atoms with van der Waals surface area (Å²) in [5.41, 5.74) is -1.30. The molecule has 0 atom stereocenters. The zero-order valence-electron chi connectivity index (χ0n) is 12.8. The van der Waals surface area contributed by atoms with E-state index in [1.54, 1.807) is 0 Å². The second-order valence-corrected chi connectivity index (χ2v) is 6.06. The molecule has 24 heavy (non-hydrogen) atoms. The highest BCUT2D eigenvalue weighted by molar-refractivity contribution is 7.09. The molecule has 6 nitrogen and oxygen atoms in total. The molecule has 1 amide bonds. The molecule has 1 N–H and O–H groups in total. The van der Waals surface area contributed by atoms with E-state index in [0.717, 1.165) is 22.8 Å². The molecule has 2 rings (SSSR count). The van der Waals surface area contributed by atoms with Crippen molar-refractivity contribution in [1.82, 2.24) is 14.5 Å². The Morgan fingerprint density at radius 1 is 1.46 bits per heavy atom. The summed E-state index contributed by atoms with van der Waals surface area (Å²) < 4.78 is 38.9. The molecule has 0 saturated heterocycles. The topological polar surface area (TPSA) is 75.4 Å². The lowest BCUT2D eigenvalue weighted by atomic mass is 10.3. The number of alkyl halides is 3. The third-order valence-corrected chi connectivity index (χ3v) is 4.19. The number of hydrogen-bond donors (Lipinski definition) is 1. The summed E-state index contributed by atoms with van der Waals surface area (Å²) in [5.74, 6) is -0.840. The number of amides is 1. The van der Waals surface area contributed by atoms with Crippen LogP contribution in [0.1, 0.15) is 16.4 Å². The average molecular weight is 361 g/mol. The van der Waals surface area contributed by atoms with Gasteiger partial charge in [0, 0.05) is 24.7 Å². The molecular weight excluding hydrogens is 347 g/mol. The van der Waals surface area contributed by atoms with Gasteiger partial charge in [-0.3, -0.25) is 9.59 Å². The lowest BCUT2D eigenvalue weighted by Gasteiger charge is -2.18. The molecule has 0 radical (unpaired) electrons. The van der Waals surface area contributed by atoms with Crippen molar-refractivity contribution < 1.29 is 23.1 Å². The lowest BCUT2D eigenvalue weighted by molar-refractivity contribution is -0.140. The Hall–Kier alpha value is -2.36. The highest BCUT2D eigenvalue weighted by Crippen LogP contribution is 2.30. The SMILES string of the molecule is Cc1c(O)c(=O)ccn1CC(=O)N(C)Cc1nc(C(F)(F)F)cs1. The minimum atomic E-state index is -4.51. The normalized spacial score (nSPS) is 11.5. The smallest absolute Gasteiger partial charge is 0.434 e. The van der Waals surface area contributed by atoms with Gasteiger partial charge in [-0.05, 0) is 6.92 Å². The standard InChI is InChI=1S/C14H14F3N3O3S/c1-8-13(23)9(21)3-4-20(8)6-12(22)19(2)5-11-18-10(7-24-11)14(15,16)17/h3-4,7,23H,5-6H2,1-2H3. The van der Waals surface area contributed by atoms with Crippen molar-refractivity contribution in [3.05, 3.63) is 44.3 Å². The first-order chi connectivity index (χ1) is 11.1. The summed E-state index contributed by atoms with van der Waals surface area (Å²) in [6, 6.07) is 1.13. The van der Waals surface area contributed by atoms with Crippen LogP contribution in [0.3, 0.4) is 0 Å². The number of likely N-dealkylation sites (N-methyl/N-ethyl adjacent to an activating group) is 1. The van der Waals surface area contributed by atoms with Crippen LogP contribution in [0.2, 0.25) is 0 Å². The van der Waals surface area contributed by atoms with E-state index in [1.807, 2.05) is 0 Å². The van der Waals surface area contributed by atoms with Gasteiger partial charge in [0.2, 0.25) is 11.3 Å². The monoisotopic (exact) mass is 361 g/mol. The average Bonchev–Trinajstić information content (AvgIpc) is 2.96. The Balaban J connectivity index is 2.06. The van der Waals surface area contributed by atoms with Gasteiger partial charge >= 0.3 is 6.18 Å². The van der Waals surface area contributed by atoms with Crippen LogP contribution in [-0.4, -0.2) is 32.5 Å². The molecule has 10 heteroatoms. The van der Waals surface area contributed by atoms with E-state index in [-0.39, 0.29) is 23.8 Å². The number of hydrogen-bond acceptors (Lipinski definition) is 5. The molecule has 0 spiro atoms. The van der Waals surface area contributed by atoms with E-state index in [2.05, 4.69) is 4.98 Å². The van der Waals surface area contributed by atoms with Crippen LogP contribution in [0.15, 0.2) is 22.4 Å². The predicted octanol–water partition coefficient (Wildman–Crippen LogP) is 2.00. The summed E-state index contributed by atoms with van der Waals surface area (Å²) in [6.45, 7) is 1.26. The first-order valence-corrected chi connectivity index (χ1v) is 7.62. The lowest BCUT2D eigenvalue weighted by Crippen LogP contribution is -2.30. The maximum absolute atomic E-state index is 12.5. The second-order valence-electron chi connectivity index (χ2n) is 5.12. The van der Waals surface area contributed by atoms with Crippen LogP contribution in [0.25, 0.3) is 0 Å². The van der Waals surface area contributed by atoms with Crippen molar-refractivity contribution in [2.24, 2.45) is 0 Å². The Labute approximate surface area is 138 Å². The van der Waals surface area contributed by atoms with Crippen molar-refractivity contribution >= 4 is 17.2 Å². The Kier molecular flexibility index (Phi) is 4.97. The number of aromatic nitrogens is 2. The molecule has 0 aliphatic rings. The molecule has 0 unspecified atom stereocenters. The third kappa shape index (κ3) is 3.94. The van der Waals surface area contributed by atoms with Gasteiger partial charge in [0.25, 0.3) is 0 Å². The maximum atomic E-state index is 12.5. The zero-order chi connectivity index (χ0) is 18.1. The fourth-order valence-corrected chi connectivity index (χ4v) is 2.76. The molecule has 0 aliphatic heterocycles. The number of pyridine rings is 1. The first kappa shape index (κ1) is 18.0. The van der Waals surface area contributed by atoms with Gasteiger partial charge in [-0.15, -0.1) is 11.3 Å². The quantitative estimate of drug-likeness (QED) is 0.904. The number of thiazole rings is 1. The Bertz CT molecular complexity index is 814. The molecule has 0 aromatic carbocycles. The van der Waals surface area contributed by atoms with Crippen molar-refractivity contribution in [1.29, 1.82) is 0 Å². The number of carbonyl (C=O) groups is 1. The van der Waals surface area contributed by atoms with Crippen LogP contribution in [0.4, 0.5) is 13.2 Å². The van der Waals surface area contributed by atoms with Gasteiger partial charge in [-0.1, -0.05) is 0 Å². The molecule has 0 saturated carbocycles. The first-order valence-electron chi connectivity index (χ1n) is 6.74. The summed E-state index contributed by atoms with van der Waals surface area (Å²) in [6.07, 6.45) is -3.14. The molecule has 130 valence electrons. The number of aromatic hydroxyl groups is 1. The van der Waals surface area contributed by atoms with Gasteiger partial charge in [0.05, 0.1) is 12.2 Å². The van der Waals surface area contributed by atoms with Crippen LogP contribution >= 0.6 is 11.3 Å². The molecule has 0 aliphatic carbocycles. The summed E-state index contributed by atoms with van der Waals surface area (Å²) in [4.78, 5) is 28.1. The molecular formula is C14H14F3N3O3S. The van der Waals surface area contributed by atoms with E-state index >= 15 is 0 Å². The summed E-state index contributed by atoms with van der Waals surface area (Å²) >= 11 is 0.823. The van der Waals surface area contributed by atoms with E-state index in [0.29, 0.717) is 0 Å². The Morgan fingerprint density at radius 3 is 2.71 bits per heavy atom. The van der Waals surface area contributed by atoms with Gasteiger partial charge in [-0.2, -0.15) is 13.2 Å². The van der Waals surface area contributed by atoms with Crippen LogP contribution in [-0.2, 0) is 24.1 Å². The maximum Gasteiger partial charge on any atom is 0.434 e. The van der Waals surface area contributed by atoms with Gasteiger partial charge in [0.1, 0.15) is 11.6 Å². The van der Waals surface area contributed by atoms with E-state index in [4.69, 9.17) is 0 Å². The van der Waals surface area contributed by atoms with Crippen molar-refractivity contribution in [3.8, 4) is 5.75 Å². The van der Waals surface area contributed by atoms with Crippen LogP contribution in [0, 0.1) is 6.92 Å². The Morgan fingerprint density at radius 2 is 2.12 bits per heavy atom. The number of halogens is 3. The third-order valence-electron chi connectivity index (χ3n) is 3.36. The second kappa shape index (κ2) is 6.63. The van der Waals surface area contributed by atoms with Crippen molar-refractivity contribution in [2.75, 3.05) is 7.05 Å². The molecule has 0 fully saturated rings. The number of carbonyl (C=O) groups excluding carboxylic acids is 1. The summed E-state index contributed by atoms with van der Waals surface area (Å²) in [7, 11) is 1.44. The zero-order valence-corrected chi connectivity index (χ0v) is 13.6. The summed E-state index contributed by atoms with van der Waals surface area (Å²) in [5, 5.41) is 10.6. The number of nitrogens with zero attached hydrogens (tertiary/aromatic N) is 3. The van der Waals surface area contributed by atoms with Crippen molar-refractivity contribution in [3.63, 3.8) is 0 Å². The number of rotatable bonds is 4. The molecule has 2 aromatic rings. The van der Waals surface area contributed by atoms with Gasteiger partial charge in [-0.25, -0.2) is 4.98 Å². The predicted molar refractivity (Wildman–Crippen MR) is 80.7 cm³/mol. The minimum Gasteiger partial charge on any atom is -0.503 e. The fraction of sp³-hybridized carbons (Fsp3) is 0.357. The van der Waals surface area contributed by atoms with Gasteiger partial charge < -0.3 is 14.6 Å². The van der Waals surface area contributed by atoms with E-state index in [1.165, 1.54) is 29.6 Å². The molecule has 0 bridgehead atoms. The van der Waals surface area contributed by atoms with Crippen molar-refractivity contribution in [2.45, 2.75) is 26.2 Å². The molecule has 2 heterocycles. The minimum absolute atomic E-state index is 0.0647. The highest BCUT2D eigenvalue weighted by atomic mass is 32.1. The fourth-order valence-electron chi connectivity index (χ4n) is 1.91.